The molecule has 4 nitrogen and oxygen atoms in total. The molecule has 18 heavy (non-hydrogen) atoms. The van der Waals surface area contributed by atoms with Crippen molar-refractivity contribution in [2.45, 2.75) is 26.2 Å². The summed E-state index contributed by atoms with van der Waals surface area (Å²) in [6, 6.07) is 5.80. The Kier molecular flexibility index (Phi) is 4.20. The molecular weight excluding hydrogens is 230 g/mol. The summed E-state index contributed by atoms with van der Waals surface area (Å²) < 4.78 is 5.62. The Bertz CT molecular complexity index is 431. The molecule has 1 atom stereocenters. The van der Waals surface area contributed by atoms with Crippen molar-refractivity contribution in [2.75, 3.05) is 18.5 Å². The fourth-order valence-electron chi connectivity index (χ4n) is 1.91. The van der Waals surface area contributed by atoms with Crippen LogP contribution in [0.3, 0.4) is 0 Å². The van der Waals surface area contributed by atoms with Crippen LogP contribution in [0.2, 0.25) is 0 Å². The Hall–Kier alpha value is -1.55. The highest BCUT2D eigenvalue weighted by Crippen LogP contribution is 2.27. The molecule has 0 saturated carbocycles. The monoisotopic (exact) mass is 249 g/mol. The molecule has 0 aliphatic carbocycles. The number of carbonyl (C=O) groups excluding carboxylic acids is 1. The summed E-state index contributed by atoms with van der Waals surface area (Å²) in [6.45, 7) is 2.74. The van der Waals surface area contributed by atoms with Crippen LogP contribution < -0.4 is 10.1 Å². The third-order valence-corrected chi connectivity index (χ3v) is 3.17. The van der Waals surface area contributed by atoms with E-state index in [4.69, 9.17) is 9.84 Å². The molecule has 1 aromatic carbocycles. The van der Waals surface area contributed by atoms with Crippen LogP contribution in [0.1, 0.15) is 25.3 Å². The van der Waals surface area contributed by atoms with Crippen LogP contribution in [0, 0.1) is 5.92 Å². The quantitative estimate of drug-likeness (QED) is 0.838. The van der Waals surface area contributed by atoms with Gasteiger partial charge in [0.2, 0.25) is 5.91 Å². The Balaban J connectivity index is 1.94. The zero-order valence-electron chi connectivity index (χ0n) is 10.6. The minimum absolute atomic E-state index is 0.0635. The van der Waals surface area contributed by atoms with Crippen molar-refractivity contribution in [3.8, 4) is 5.75 Å². The molecule has 2 N–H and O–H groups in total. The number of fused-ring (bicyclic) bond motifs is 1. The summed E-state index contributed by atoms with van der Waals surface area (Å²) in [4.78, 5) is 11.3. The molecule has 0 fully saturated rings. The number of carbonyl (C=O) groups is 1. The molecule has 1 amide bonds. The summed E-state index contributed by atoms with van der Waals surface area (Å²) in [5, 5.41) is 11.8. The predicted octanol–water partition coefficient (Wildman–Crippen LogP) is 1.97. The maximum Gasteiger partial charge on any atom is 0.224 e. The van der Waals surface area contributed by atoms with E-state index in [0.29, 0.717) is 13.0 Å². The summed E-state index contributed by atoms with van der Waals surface area (Å²) in [5.74, 6) is 1.08. The van der Waals surface area contributed by atoms with Crippen LogP contribution in [0.5, 0.6) is 5.75 Å². The molecule has 2 rings (SSSR count). The van der Waals surface area contributed by atoms with Gasteiger partial charge in [0.25, 0.3) is 0 Å². The van der Waals surface area contributed by atoms with Crippen LogP contribution in [0.4, 0.5) is 5.69 Å². The topological polar surface area (TPSA) is 58.6 Å². The molecule has 1 aliphatic heterocycles. The van der Waals surface area contributed by atoms with Gasteiger partial charge in [-0.15, -0.1) is 0 Å². The average molecular weight is 249 g/mol. The van der Waals surface area contributed by atoms with E-state index < -0.39 is 0 Å². The molecule has 1 aliphatic rings. The molecule has 0 bridgehead atoms. The van der Waals surface area contributed by atoms with Crippen molar-refractivity contribution >= 4 is 11.6 Å². The fraction of sp³-hybridized carbons (Fsp3) is 0.500. The van der Waals surface area contributed by atoms with E-state index in [9.17, 15) is 4.79 Å². The first-order chi connectivity index (χ1) is 8.69. The second kappa shape index (κ2) is 5.87. The number of ether oxygens (including phenoxy) is 1. The zero-order valence-corrected chi connectivity index (χ0v) is 10.6. The number of anilines is 1. The standard InChI is InChI=1S/C14H19NO3/c1-10(9-16)6-7-18-12-4-2-11-3-5-14(17)15-13(11)8-12/h2,4,8,10,16H,3,5-7,9H2,1H3,(H,15,17). The van der Waals surface area contributed by atoms with Crippen molar-refractivity contribution < 1.29 is 14.6 Å². The van der Waals surface area contributed by atoms with E-state index >= 15 is 0 Å². The first-order valence-electron chi connectivity index (χ1n) is 6.35. The largest absolute Gasteiger partial charge is 0.494 e. The van der Waals surface area contributed by atoms with Crippen LogP contribution in [-0.4, -0.2) is 24.2 Å². The molecule has 0 aromatic heterocycles. The molecule has 98 valence electrons. The molecule has 0 radical (unpaired) electrons. The van der Waals surface area contributed by atoms with Crippen LogP contribution >= 0.6 is 0 Å². The summed E-state index contributed by atoms with van der Waals surface area (Å²) in [6.07, 6.45) is 2.17. The lowest BCUT2D eigenvalue weighted by atomic mass is 10.0. The highest BCUT2D eigenvalue weighted by atomic mass is 16.5. The Morgan fingerprint density at radius 1 is 1.44 bits per heavy atom. The van der Waals surface area contributed by atoms with E-state index in [1.54, 1.807) is 0 Å². The smallest absolute Gasteiger partial charge is 0.224 e. The number of aliphatic hydroxyl groups is 1. The van der Waals surface area contributed by atoms with Gasteiger partial charge in [0, 0.05) is 24.8 Å². The highest BCUT2D eigenvalue weighted by Gasteiger charge is 2.15. The zero-order chi connectivity index (χ0) is 13.0. The summed E-state index contributed by atoms with van der Waals surface area (Å²) in [7, 11) is 0. The molecule has 0 saturated heterocycles. The average Bonchev–Trinajstić information content (AvgIpc) is 2.38. The Labute approximate surface area is 107 Å². The van der Waals surface area contributed by atoms with Gasteiger partial charge in [-0.05, 0) is 30.4 Å². The number of benzene rings is 1. The van der Waals surface area contributed by atoms with Gasteiger partial charge in [-0.2, -0.15) is 0 Å². The van der Waals surface area contributed by atoms with Gasteiger partial charge < -0.3 is 15.2 Å². The SMILES string of the molecule is CC(CO)CCOc1ccc2c(c1)NC(=O)CC2. The van der Waals surface area contributed by atoms with Crippen molar-refractivity contribution in [3.63, 3.8) is 0 Å². The van der Waals surface area contributed by atoms with E-state index in [1.165, 1.54) is 0 Å². The summed E-state index contributed by atoms with van der Waals surface area (Å²) >= 11 is 0. The van der Waals surface area contributed by atoms with Crippen LogP contribution in [0.25, 0.3) is 0 Å². The number of aryl methyl sites for hydroxylation is 1. The predicted molar refractivity (Wildman–Crippen MR) is 69.8 cm³/mol. The van der Waals surface area contributed by atoms with Gasteiger partial charge in [-0.25, -0.2) is 0 Å². The minimum Gasteiger partial charge on any atom is -0.494 e. The number of hydrogen-bond donors (Lipinski definition) is 2. The van der Waals surface area contributed by atoms with Crippen molar-refractivity contribution in [2.24, 2.45) is 5.92 Å². The lowest BCUT2D eigenvalue weighted by molar-refractivity contribution is -0.116. The van der Waals surface area contributed by atoms with Crippen LogP contribution in [0.15, 0.2) is 18.2 Å². The second-order valence-corrected chi connectivity index (χ2v) is 4.79. The fourth-order valence-corrected chi connectivity index (χ4v) is 1.91. The van der Waals surface area contributed by atoms with Gasteiger partial charge in [0.1, 0.15) is 5.75 Å². The van der Waals surface area contributed by atoms with E-state index in [2.05, 4.69) is 5.32 Å². The van der Waals surface area contributed by atoms with Crippen molar-refractivity contribution in [3.05, 3.63) is 23.8 Å². The maximum atomic E-state index is 11.3. The molecule has 1 unspecified atom stereocenters. The maximum absolute atomic E-state index is 11.3. The number of rotatable bonds is 5. The molecular formula is C14H19NO3. The molecule has 0 spiro atoms. The second-order valence-electron chi connectivity index (χ2n) is 4.79. The molecule has 1 heterocycles. The lowest BCUT2D eigenvalue weighted by Gasteiger charge is -2.18. The Morgan fingerprint density at radius 3 is 3.06 bits per heavy atom. The van der Waals surface area contributed by atoms with Gasteiger partial charge in [-0.1, -0.05) is 13.0 Å². The van der Waals surface area contributed by atoms with E-state index in [0.717, 1.165) is 29.8 Å². The number of nitrogens with one attached hydrogen (secondary N) is 1. The van der Waals surface area contributed by atoms with Gasteiger partial charge in [0.15, 0.2) is 0 Å². The molecule has 4 heteroatoms. The van der Waals surface area contributed by atoms with Gasteiger partial charge in [0.05, 0.1) is 6.61 Å². The minimum atomic E-state index is 0.0635. The van der Waals surface area contributed by atoms with Gasteiger partial charge >= 0.3 is 0 Å². The van der Waals surface area contributed by atoms with Crippen LogP contribution in [-0.2, 0) is 11.2 Å². The van der Waals surface area contributed by atoms with E-state index in [-0.39, 0.29) is 18.4 Å². The first-order valence-corrected chi connectivity index (χ1v) is 6.35. The first kappa shape index (κ1) is 12.9. The Morgan fingerprint density at radius 2 is 2.28 bits per heavy atom. The normalized spacial score (nSPS) is 15.8. The molecule has 1 aromatic rings. The van der Waals surface area contributed by atoms with Crippen molar-refractivity contribution in [1.82, 2.24) is 0 Å². The third kappa shape index (κ3) is 3.23. The van der Waals surface area contributed by atoms with Crippen molar-refractivity contribution in [1.29, 1.82) is 0 Å². The number of aliphatic hydroxyl groups excluding tert-OH is 1. The number of amides is 1. The van der Waals surface area contributed by atoms with Gasteiger partial charge in [-0.3, -0.25) is 4.79 Å². The highest BCUT2D eigenvalue weighted by molar-refractivity contribution is 5.94. The summed E-state index contributed by atoms with van der Waals surface area (Å²) in [5.41, 5.74) is 2.02. The number of hydrogen-bond acceptors (Lipinski definition) is 3. The van der Waals surface area contributed by atoms with E-state index in [1.807, 2.05) is 25.1 Å². The lowest BCUT2D eigenvalue weighted by Crippen LogP contribution is -2.18. The third-order valence-electron chi connectivity index (χ3n) is 3.17.